The van der Waals surface area contributed by atoms with Gasteiger partial charge in [0.1, 0.15) is 0 Å². The third kappa shape index (κ3) is 3.12. The Kier molecular flexibility index (Phi) is 4.61. The Bertz CT molecular complexity index is 398. The van der Waals surface area contributed by atoms with Gasteiger partial charge in [-0.05, 0) is 63.4 Å². The largest absolute Gasteiger partial charge is 0.409 e. The van der Waals surface area contributed by atoms with Gasteiger partial charge in [0, 0.05) is 8.95 Å². The lowest BCUT2D eigenvalue weighted by atomic mass is 10.2. The van der Waals surface area contributed by atoms with Crippen LogP contribution in [0.3, 0.4) is 0 Å². The van der Waals surface area contributed by atoms with Crippen molar-refractivity contribution < 1.29 is 5.21 Å². The van der Waals surface area contributed by atoms with Crippen LogP contribution in [0.2, 0.25) is 0 Å². The van der Waals surface area contributed by atoms with E-state index in [1.165, 1.54) is 0 Å². The third-order valence-electron chi connectivity index (χ3n) is 2.11. The molecule has 0 spiro atoms. The number of aryl methyl sites for hydroxylation is 1. The molecule has 0 aromatic heterocycles. The summed E-state index contributed by atoms with van der Waals surface area (Å²) < 4.78 is 1.86. The highest BCUT2D eigenvalue weighted by molar-refractivity contribution is 9.11. The fraction of sp³-hybridized carbons (Fsp3) is 0.300. The van der Waals surface area contributed by atoms with Crippen molar-refractivity contribution in [1.82, 2.24) is 0 Å². The minimum Gasteiger partial charge on any atom is -0.409 e. The number of anilines is 1. The summed E-state index contributed by atoms with van der Waals surface area (Å²) in [7, 11) is 0. The number of oxime groups is 1. The number of nitrogens with two attached hydrogens (primary N) is 1. The van der Waals surface area contributed by atoms with Gasteiger partial charge in [-0.3, -0.25) is 0 Å². The smallest absolute Gasteiger partial charge is 0.161 e. The number of nitrogens with one attached hydrogen (secondary N) is 1. The van der Waals surface area contributed by atoms with Gasteiger partial charge in [-0.15, -0.1) is 0 Å². The number of benzene rings is 1. The topological polar surface area (TPSA) is 70.6 Å². The molecule has 0 heterocycles. The van der Waals surface area contributed by atoms with Crippen molar-refractivity contribution in [2.45, 2.75) is 19.9 Å². The number of halogens is 2. The highest BCUT2D eigenvalue weighted by atomic mass is 79.9. The van der Waals surface area contributed by atoms with E-state index in [2.05, 4.69) is 42.3 Å². The van der Waals surface area contributed by atoms with E-state index in [0.717, 1.165) is 20.2 Å². The summed E-state index contributed by atoms with van der Waals surface area (Å²) >= 11 is 6.92. The van der Waals surface area contributed by atoms with E-state index in [9.17, 15) is 0 Å². The molecule has 0 fully saturated rings. The fourth-order valence-corrected chi connectivity index (χ4v) is 2.86. The Labute approximate surface area is 111 Å². The molecule has 0 aliphatic rings. The van der Waals surface area contributed by atoms with E-state index in [4.69, 9.17) is 10.9 Å². The summed E-state index contributed by atoms with van der Waals surface area (Å²) in [4.78, 5) is 0. The van der Waals surface area contributed by atoms with E-state index in [-0.39, 0.29) is 11.9 Å². The maximum atomic E-state index is 8.57. The van der Waals surface area contributed by atoms with Crippen molar-refractivity contribution in [2.75, 3.05) is 5.32 Å². The van der Waals surface area contributed by atoms with Crippen molar-refractivity contribution in [3.05, 3.63) is 26.6 Å². The van der Waals surface area contributed by atoms with Gasteiger partial charge in [-0.2, -0.15) is 0 Å². The van der Waals surface area contributed by atoms with Crippen LogP contribution in [0, 0.1) is 6.92 Å². The molecule has 0 aliphatic carbocycles. The quantitative estimate of drug-likeness (QED) is 0.339. The number of hydrogen-bond donors (Lipinski definition) is 3. The van der Waals surface area contributed by atoms with Gasteiger partial charge in [0.25, 0.3) is 0 Å². The first-order chi connectivity index (χ1) is 7.45. The minimum atomic E-state index is -0.250. The summed E-state index contributed by atoms with van der Waals surface area (Å²) in [5, 5.41) is 14.7. The van der Waals surface area contributed by atoms with Crippen molar-refractivity contribution >= 4 is 43.4 Å². The Morgan fingerprint density at radius 1 is 1.44 bits per heavy atom. The van der Waals surface area contributed by atoms with E-state index in [0.29, 0.717) is 0 Å². The van der Waals surface area contributed by atoms with E-state index >= 15 is 0 Å². The van der Waals surface area contributed by atoms with Gasteiger partial charge >= 0.3 is 0 Å². The van der Waals surface area contributed by atoms with Crippen molar-refractivity contribution in [2.24, 2.45) is 10.9 Å². The van der Waals surface area contributed by atoms with Crippen LogP contribution in [0.25, 0.3) is 0 Å². The number of amidine groups is 1. The van der Waals surface area contributed by atoms with Crippen LogP contribution in [0.15, 0.2) is 26.2 Å². The van der Waals surface area contributed by atoms with Gasteiger partial charge in [-0.1, -0.05) is 5.16 Å². The molecule has 0 saturated heterocycles. The van der Waals surface area contributed by atoms with Crippen LogP contribution in [0.1, 0.15) is 12.5 Å². The van der Waals surface area contributed by atoms with Crippen molar-refractivity contribution in [3.8, 4) is 0 Å². The van der Waals surface area contributed by atoms with Crippen LogP contribution >= 0.6 is 31.9 Å². The third-order valence-corrected chi connectivity index (χ3v) is 3.36. The van der Waals surface area contributed by atoms with Crippen LogP contribution in [0.4, 0.5) is 5.69 Å². The number of rotatable bonds is 3. The van der Waals surface area contributed by atoms with E-state index in [1.807, 2.05) is 26.0 Å². The van der Waals surface area contributed by atoms with Crippen LogP contribution in [-0.2, 0) is 0 Å². The monoisotopic (exact) mass is 349 g/mol. The zero-order valence-corrected chi connectivity index (χ0v) is 12.1. The predicted molar refractivity (Wildman–Crippen MR) is 73.1 cm³/mol. The minimum absolute atomic E-state index is 0.138. The lowest BCUT2D eigenvalue weighted by molar-refractivity contribution is 0.316. The zero-order valence-electron chi connectivity index (χ0n) is 8.96. The van der Waals surface area contributed by atoms with Crippen molar-refractivity contribution in [3.63, 3.8) is 0 Å². The molecule has 1 aromatic carbocycles. The van der Waals surface area contributed by atoms with E-state index < -0.39 is 0 Å². The van der Waals surface area contributed by atoms with Crippen LogP contribution in [-0.4, -0.2) is 17.1 Å². The summed E-state index contributed by atoms with van der Waals surface area (Å²) in [5.41, 5.74) is 7.52. The molecule has 1 unspecified atom stereocenters. The average molecular weight is 351 g/mol. The standard InChI is InChI=1S/C10H13Br2N3O/c1-5-3-7(11)9(8(12)4-5)14-6(2)10(13)15-16/h3-4,6,14,16H,1-2H3,(H2,13,15). The lowest BCUT2D eigenvalue weighted by Gasteiger charge is -2.17. The molecule has 0 aliphatic heterocycles. The summed E-state index contributed by atoms with van der Waals surface area (Å²) in [6, 6.07) is 3.73. The zero-order chi connectivity index (χ0) is 12.3. The summed E-state index contributed by atoms with van der Waals surface area (Å²) in [6.07, 6.45) is 0. The molecule has 4 N–H and O–H groups in total. The van der Waals surface area contributed by atoms with Crippen molar-refractivity contribution in [1.29, 1.82) is 0 Å². The molecule has 0 saturated carbocycles. The SMILES string of the molecule is Cc1cc(Br)c(NC(C)C(N)=NO)c(Br)c1. The first kappa shape index (κ1) is 13.3. The molecule has 1 rings (SSSR count). The first-order valence-electron chi connectivity index (χ1n) is 4.65. The van der Waals surface area contributed by atoms with Gasteiger partial charge in [0.05, 0.1) is 11.7 Å². The Balaban J connectivity index is 2.98. The highest BCUT2D eigenvalue weighted by Crippen LogP contribution is 2.32. The molecular formula is C10H13Br2N3O. The van der Waals surface area contributed by atoms with E-state index in [1.54, 1.807) is 0 Å². The predicted octanol–water partition coefficient (Wildman–Crippen LogP) is 3.07. The second-order valence-corrected chi connectivity index (χ2v) is 5.20. The molecule has 1 aromatic rings. The van der Waals surface area contributed by atoms with Crippen LogP contribution in [0.5, 0.6) is 0 Å². The second-order valence-electron chi connectivity index (χ2n) is 3.49. The number of hydrogen-bond acceptors (Lipinski definition) is 3. The Morgan fingerprint density at radius 3 is 2.38 bits per heavy atom. The molecule has 0 bridgehead atoms. The van der Waals surface area contributed by atoms with Gasteiger partial charge in [0.2, 0.25) is 0 Å². The van der Waals surface area contributed by atoms with Gasteiger partial charge in [0.15, 0.2) is 5.84 Å². The maximum Gasteiger partial charge on any atom is 0.161 e. The molecular weight excluding hydrogens is 338 g/mol. The van der Waals surface area contributed by atoms with Crippen LogP contribution < -0.4 is 11.1 Å². The molecule has 16 heavy (non-hydrogen) atoms. The molecule has 0 amide bonds. The summed E-state index contributed by atoms with van der Waals surface area (Å²) in [5.74, 6) is 0.138. The maximum absolute atomic E-state index is 8.57. The average Bonchev–Trinajstić information content (AvgIpc) is 2.21. The lowest BCUT2D eigenvalue weighted by Crippen LogP contribution is -2.33. The highest BCUT2D eigenvalue weighted by Gasteiger charge is 2.12. The molecule has 0 radical (unpaired) electrons. The Morgan fingerprint density at radius 2 is 1.94 bits per heavy atom. The summed E-state index contributed by atoms with van der Waals surface area (Å²) in [6.45, 7) is 3.82. The Hall–Kier alpha value is -0.750. The van der Waals surface area contributed by atoms with Gasteiger partial charge < -0.3 is 16.3 Å². The first-order valence-corrected chi connectivity index (χ1v) is 6.24. The number of nitrogens with zero attached hydrogens (tertiary/aromatic N) is 1. The molecule has 4 nitrogen and oxygen atoms in total. The normalized spacial score (nSPS) is 13.6. The molecule has 1 atom stereocenters. The van der Waals surface area contributed by atoms with Gasteiger partial charge in [-0.25, -0.2) is 0 Å². The molecule has 88 valence electrons. The molecule has 6 heteroatoms. The fourth-order valence-electron chi connectivity index (χ4n) is 1.21. The second kappa shape index (κ2) is 5.54.